The van der Waals surface area contributed by atoms with E-state index in [0.29, 0.717) is 18.1 Å². The molecule has 1 fully saturated rings. The van der Waals surface area contributed by atoms with Crippen LogP contribution in [0.2, 0.25) is 0 Å². The Morgan fingerprint density at radius 2 is 1.62 bits per heavy atom. The number of aromatic nitrogens is 1. The number of nitrogens with zero attached hydrogens (tertiary/aromatic N) is 2. The van der Waals surface area contributed by atoms with Crippen molar-refractivity contribution in [2.75, 3.05) is 35.2 Å². The predicted molar refractivity (Wildman–Crippen MR) is 132 cm³/mol. The molecule has 176 valence electrons. The van der Waals surface area contributed by atoms with E-state index >= 15 is 0 Å². The molecule has 2 aromatic carbocycles. The molecular weight excluding hydrogens is 437 g/mol. The van der Waals surface area contributed by atoms with Crippen LogP contribution >= 0.6 is 0 Å². The molecule has 0 bridgehead atoms. The van der Waals surface area contributed by atoms with Crippen molar-refractivity contribution in [3.63, 3.8) is 0 Å². The van der Waals surface area contributed by atoms with Gasteiger partial charge in [0.25, 0.3) is 0 Å². The summed E-state index contributed by atoms with van der Waals surface area (Å²) in [6, 6.07) is 17.4. The van der Waals surface area contributed by atoms with E-state index in [-0.39, 0.29) is 5.56 Å². The van der Waals surface area contributed by atoms with Gasteiger partial charge in [0.15, 0.2) is 0 Å². The van der Waals surface area contributed by atoms with E-state index in [9.17, 15) is 13.2 Å². The average Bonchev–Trinajstić information content (AvgIpc) is 2.86. The molecule has 0 saturated carbocycles. The quantitative estimate of drug-likeness (QED) is 0.435. The maximum absolute atomic E-state index is 13.8. The van der Waals surface area contributed by atoms with Crippen molar-refractivity contribution in [1.82, 2.24) is 4.98 Å². The Morgan fingerprint density at radius 1 is 0.912 bits per heavy atom. The largest absolute Gasteiger partial charge is 0.417 e. The zero-order valence-electron chi connectivity index (χ0n) is 19.0. The molecular formula is C27H27F3N4. The SMILES string of the molecule is CC1=C(Nc2cc(N3CCCCC3)cc(-c3ccccc3C(F)(F)F)n2)c2ccccc2NC1. The Morgan fingerprint density at radius 3 is 2.38 bits per heavy atom. The number of nitrogens with one attached hydrogen (secondary N) is 2. The zero-order valence-corrected chi connectivity index (χ0v) is 19.0. The van der Waals surface area contributed by atoms with E-state index in [1.165, 1.54) is 18.6 Å². The van der Waals surface area contributed by atoms with Gasteiger partial charge >= 0.3 is 6.18 Å². The molecule has 1 aromatic heterocycles. The molecule has 3 heterocycles. The van der Waals surface area contributed by atoms with Gasteiger partial charge in [0.05, 0.1) is 11.3 Å². The monoisotopic (exact) mass is 464 g/mol. The van der Waals surface area contributed by atoms with Gasteiger partial charge in [0.2, 0.25) is 0 Å². The smallest absolute Gasteiger partial charge is 0.381 e. The molecule has 2 N–H and O–H groups in total. The average molecular weight is 465 g/mol. The van der Waals surface area contributed by atoms with E-state index in [0.717, 1.165) is 60.2 Å². The number of benzene rings is 2. The number of fused-ring (bicyclic) bond motifs is 1. The number of alkyl halides is 3. The third kappa shape index (κ3) is 4.47. The van der Waals surface area contributed by atoms with Gasteiger partial charge in [-0.05, 0) is 50.0 Å². The Hall–Kier alpha value is -3.48. The molecule has 1 saturated heterocycles. The van der Waals surface area contributed by atoms with Gasteiger partial charge in [-0.1, -0.05) is 36.4 Å². The van der Waals surface area contributed by atoms with Gasteiger partial charge in [-0.2, -0.15) is 13.2 Å². The van der Waals surface area contributed by atoms with Crippen molar-refractivity contribution < 1.29 is 13.2 Å². The Bertz CT molecular complexity index is 1230. The maximum atomic E-state index is 13.8. The number of anilines is 3. The number of halogens is 3. The fourth-order valence-electron chi connectivity index (χ4n) is 4.71. The van der Waals surface area contributed by atoms with Gasteiger partial charge in [-0.3, -0.25) is 0 Å². The standard InChI is InChI=1S/C27H27F3N4/c1-18-17-31-23-12-6-4-10-21(23)26(18)33-25-16-19(34-13-7-2-8-14-34)15-24(32-25)20-9-3-5-11-22(20)27(28,29)30/h3-6,9-12,15-16,31H,2,7-8,13-14,17H2,1H3,(H,32,33). The summed E-state index contributed by atoms with van der Waals surface area (Å²) in [5.41, 5.74) is 4.72. The first-order chi connectivity index (χ1) is 16.4. The highest BCUT2D eigenvalue weighted by Gasteiger charge is 2.34. The lowest BCUT2D eigenvalue weighted by Gasteiger charge is -2.30. The third-order valence-corrected chi connectivity index (χ3v) is 6.46. The molecule has 34 heavy (non-hydrogen) atoms. The Kier molecular flexibility index (Phi) is 5.94. The highest BCUT2D eigenvalue weighted by molar-refractivity contribution is 5.88. The van der Waals surface area contributed by atoms with Crippen LogP contribution in [0.1, 0.15) is 37.3 Å². The molecule has 2 aliphatic heterocycles. The normalized spacial score (nSPS) is 16.2. The lowest BCUT2D eigenvalue weighted by atomic mass is 10.0. The molecule has 0 aliphatic carbocycles. The molecule has 0 spiro atoms. The number of piperidine rings is 1. The summed E-state index contributed by atoms with van der Waals surface area (Å²) in [6.45, 7) is 4.51. The van der Waals surface area contributed by atoms with Crippen LogP contribution in [-0.2, 0) is 6.18 Å². The molecule has 2 aliphatic rings. The first-order valence-electron chi connectivity index (χ1n) is 11.6. The van der Waals surface area contributed by atoms with Crippen molar-refractivity contribution >= 4 is 22.9 Å². The predicted octanol–water partition coefficient (Wildman–Crippen LogP) is 7.03. The highest BCUT2D eigenvalue weighted by atomic mass is 19.4. The summed E-state index contributed by atoms with van der Waals surface area (Å²) in [6.07, 6.45) is -1.14. The van der Waals surface area contributed by atoms with E-state index in [2.05, 4.69) is 20.5 Å². The molecule has 0 atom stereocenters. The maximum Gasteiger partial charge on any atom is 0.417 e. The fraction of sp³-hybridized carbons (Fsp3) is 0.296. The molecule has 0 unspecified atom stereocenters. The van der Waals surface area contributed by atoms with Gasteiger partial charge in [0, 0.05) is 53.9 Å². The van der Waals surface area contributed by atoms with Crippen LogP contribution in [0.5, 0.6) is 0 Å². The summed E-state index contributed by atoms with van der Waals surface area (Å²) in [4.78, 5) is 6.93. The van der Waals surface area contributed by atoms with Gasteiger partial charge in [-0.25, -0.2) is 4.98 Å². The second-order valence-corrected chi connectivity index (χ2v) is 8.87. The molecule has 7 heteroatoms. The van der Waals surface area contributed by atoms with Crippen LogP contribution < -0.4 is 15.5 Å². The lowest BCUT2D eigenvalue weighted by Crippen LogP contribution is -2.29. The van der Waals surface area contributed by atoms with Crippen molar-refractivity contribution in [2.24, 2.45) is 0 Å². The number of para-hydroxylation sites is 1. The van der Waals surface area contributed by atoms with Gasteiger partial charge in [0.1, 0.15) is 5.82 Å². The van der Waals surface area contributed by atoms with Crippen LogP contribution in [0, 0.1) is 0 Å². The number of rotatable bonds is 4. The second kappa shape index (κ2) is 9.05. The van der Waals surface area contributed by atoms with E-state index < -0.39 is 11.7 Å². The van der Waals surface area contributed by atoms with Crippen molar-refractivity contribution in [1.29, 1.82) is 0 Å². The van der Waals surface area contributed by atoms with Crippen LogP contribution in [0.15, 0.2) is 66.2 Å². The van der Waals surface area contributed by atoms with Crippen LogP contribution in [0.4, 0.5) is 30.4 Å². The Labute approximate surface area is 197 Å². The fourth-order valence-corrected chi connectivity index (χ4v) is 4.71. The van der Waals surface area contributed by atoms with Crippen LogP contribution in [0.3, 0.4) is 0 Å². The van der Waals surface area contributed by atoms with Gasteiger partial charge < -0.3 is 15.5 Å². The lowest BCUT2D eigenvalue weighted by molar-refractivity contribution is -0.137. The summed E-state index contributed by atoms with van der Waals surface area (Å²) < 4.78 is 41.4. The minimum absolute atomic E-state index is 0.0910. The first kappa shape index (κ1) is 22.3. The molecule has 4 nitrogen and oxygen atoms in total. The molecule has 0 radical (unpaired) electrons. The van der Waals surface area contributed by atoms with E-state index in [1.807, 2.05) is 37.3 Å². The first-order valence-corrected chi connectivity index (χ1v) is 11.6. The third-order valence-electron chi connectivity index (χ3n) is 6.46. The summed E-state index contributed by atoms with van der Waals surface area (Å²) in [5.74, 6) is 0.543. The second-order valence-electron chi connectivity index (χ2n) is 8.87. The van der Waals surface area contributed by atoms with E-state index in [1.54, 1.807) is 12.1 Å². The summed E-state index contributed by atoms with van der Waals surface area (Å²) >= 11 is 0. The molecule has 0 amide bonds. The summed E-state index contributed by atoms with van der Waals surface area (Å²) in [5, 5.41) is 6.86. The van der Waals surface area contributed by atoms with Crippen LogP contribution in [0.25, 0.3) is 17.0 Å². The van der Waals surface area contributed by atoms with Crippen molar-refractivity contribution in [3.8, 4) is 11.3 Å². The molecule has 5 rings (SSSR count). The summed E-state index contributed by atoms with van der Waals surface area (Å²) in [7, 11) is 0. The minimum Gasteiger partial charge on any atom is -0.381 e. The highest BCUT2D eigenvalue weighted by Crippen LogP contribution is 2.39. The molecule has 3 aromatic rings. The van der Waals surface area contributed by atoms with Crippen LogP contribution in [-0.4, -0.2) is 24.6 Å². The number of hydrogen-bond acceptors (Lipinski definition) is 4. The van der Waals surface area contributed by atoms with Crippen molar-refractivity contribution in [2.45, 2.75) is 32.4 Å². The Balaban J connectivity index is 1.61. The topological polar surface area (TPSA) is 40.2 Å². The minimum atomic E-state index is -4.46. The number of hydrogen-bond donors (Lipinski definition) is 2. The van der Waals surface area contributed by atoms with Gasteiger partial charge in [-0.15, -0.1) is 0 Å². The van der Waals surface area contributed by atoms with Crippen molar-refractivity contribution in [3.05, 3.63) is 77.4 Å². The van der Waals surface area contributed by atoms with E-state index in [4.69, 9.17) is 0 Å². The number of pyridine rings is 1. The zero-order chi connectivity index (χ0) is 23.7.